The molecule has 0 aliphatic heterocycles. The van der Waals surface area contributed by atoms with Crippen LogP contribution in [0.3, 0.4) is 0 Å². The number of aryl methyl sites for hydroxylation is 3. The first-order chi connectivity index (χ1) is 15.4. The van der Waals surface area contributed by atoms with E-state index < -0.39 is 0 Å². The van der Waals surface area contributed by atoms with E-state index in [1.165, 1.54) is 21.8 Å². The zero-order valence-corrected chi connectivity index (χ0v) is 18.9. The standard InChI is InChI=1S/C24H23N3O4S/c1-15-4-7-19(8-5-15)30-14-22(28)26-20-9-6-16(2)10-21(20)31-13-18-11-23(29)27-12-17(3)32-24(27)25-18/h4-12H,13-14H2,1-3H3,(H,26,28). The first kappa shape index (κ1) is 21.6. The van der Waals surface area contributed by atoms with Crippen molar-refractivity contribution in [3.05, 3.63) is 86.8 Å². The van der Waals surface area contributed by atoms with Crippen molar-refractivity contribution in [2.45, 2.75) is 27.4 Å². The number of rotatable bonds is 7. The average molecular weight is 450 g/mol. The third-order valence-corrected chi connectivity index (χ3v) is 5.61. The number of carbonyl (C=O) groups excluding carboxylic acids is 1. The Balaban J connectivity index is 1.44. The first-order valence-corrected chi connectivity index (χ1v) is 10.9. The van der Waals surface area contributed by atoms with Gasteiger partial charge in [0, 0.05) is 17.1 Å². The van der Waals surface area contributed by atoms with Gasteiger partial charge in [0.15, 0.2) is 11.6 Å². The highest BCUT2D eigenvalue weighted by Gasteiger charge is 2.11. The summed E-state index contributed by atoms with van der Waals surface area (Å²) in [6, 6.07) is 14.5. The predicted molar refractivity (Wildman–Crippen MR) is 125 cm³/mol. The summed E-state index contributed by atoms with van der Waals surface area (Å²) in [7, 11) is 0. The fourth-order valence-electron chi connectivity index (χ4n) is 3.11. The lowest BCUT2D eigenvalue weighted by molar-refractivity contribution is -0.118. The lowest BCUT2D eigenvalue weighted by atomic mass is 10.2. The summed E-state index contributed by atoms with van der Waals surface area (Å²) < 4.78 is 13.0. The van der Waals surface area contributed by atoms with Gasteiger partial charge in [-0.2, -0.15) is 0 Å². The normalized spacial score (nSPS) is 10.8. The van der Waals surface area contributed by atoms with Gasteiger partial charge < -0.3 is 14.8 Å². The lowest BCUT2D eigenvalue weighted by Crippen LogP contribution is -2.20. The van der Waals surface area contributed by atoms with Crippen molar-refractivity contribution >= 4 is 27.9 Å². The summed E-state index contributed by atoms with van der Waals surface area (Å²) in [6.07, 6.45) is 1.77. The molecule has 32 heavy (non-hydrogen) atoms. The van der Waals surface area contributed by atoms with Crippen LogP contribution in [-0.4, -0.2) is 21.9 Å². The minimum absolute atomic E-state index is 0.106. The molecule has 2 aromatic carbocycles. The Labute approximate surface area is 189 Å². The van der Waals surface area contributed by atoms with Crippen molar-refractivity contribution in [3.8, 4) is 11.5 Å². The maximum absolute atomic E-state index is 12.4. The van der Waals surface area contributed by atoms with Crippen LogP contribution in [0.1, 0.15) is 21.7 Å². The maximum atomic E-state index is 12.4. The summed E-state index contributed by atoms with van der Waals surface area (Å²) in [6.45, 7) is 5.84. The summed E-state index contributed by atoms with van der Waals surface area (Å²) in [5.74, 6) is 0.826. The van der Waals surface area contributed by atoms with Gasteiger partial charge in [0.05, 0.1) is 11.4 Å². The Morgan fingerprint density at radius 1 is 1.03 bits per heavy atom. The molecule has 0 saturated carbocycles. The van der Waals surface area contributed by atoms with Crippen LogP contribution >= 0.6 is 11.3 Å². The molecule has 0 aliphatic carbocycles. The van der Waals surface area contributed by atoms with E-state index in [4.69, 9.17) is 9.47 Å². The number of ether oxygens (including phenoxy) is 2. The van der Waals surface area contributed by atoms with Crippen LogP contribution in [0.2, 0.25) is 0 Å². The number of fused-ring (bicyclic) bond motifs is 1. The zero-order chi connectivity index (χ0) is 22.7. The second kappa shape index (κ2) is 9.23. The molecule has 0 unspecified atom stereocenters. The molecule has 8 heteroatoms. The SMILES string of the molecule is Cc1ccc(OCC(=O)Nc2ccc(C)cc2OCc2cc(=O)n3cc(C)sc3n2)cc1. The van der Waals surface area contributed by atoms with Crippen LogP contribution in [0.15, 0.2) is 59.5 Å². The molecule has 1 N–H and O–H groups in total. The van der Waals surface area contributed by atoms with Gasteiger partial charge >= 0.3 is 0 Å². The van der Waals surface area contributed by atoms with E-state index >= 15 is 0 Å². The highest BCUT2D eigenvalue weighted by atomic mass is 32.1. The molecule has 2 heterocycles. The molecule has 4 aromatic rings. The third kappa shape index (κ3) is 5.15. The molecular weight excluding hydrogens is 426 g/mol. The predicted octanol–water partition coefficient (Wildman–Crippen LogP) is 4.28. The number of nitrogens with one attached hydrogen (secondary N) is 1. The molecule has 164 valence electrons. The Bertz CT molecular complexity index is 1330. The third-order valence-electron chi connectivity index (χ3n) is 4.71. The number of hydrogen-bond acceptors (Lipinski definition) is 6. The molecule has 0 atom stereocenters. The topological polar surface area (TPSA) is 81.9 Å². The molecule has 0 fully saturated rings. The van der Waals surface area contributed by atoms with Crippen LogP contribution in [0.25, 0.3) is 4.96 Å². The molecule has 4 rings (SSSR count). The van der Waals surface area contributed by atoms with Gasteiger partial charge in [-0.15, -0.1) is 11.3 Å². The van der Waals surface area contributed by atoms with Crippen LogP contribution < -0.4 is 20.3 Å². The minimum atomic E-state index is -0.300. The number of hydrogen-bond donors (Lipinski definition) is 1. The average Bonchev–Trinajstić information content (AvgIpc) is 3.14. The highest BCUT2D eigenvalue weighted by molar-refractivity contribution is 7.16. The van der Waals surface area contributed by atoms with E-state index in [0.717, 1.165) is 16.0 Å². The Kier molecular flexibility index (Phi) is 6.23. The summed E-state index contributed by atoms with van der Waals surface area (Å²) in [5.41, 5.74) is 3.00. The Morgan fingerprint density at radius 3 is 2.56 bits per heavy atom. The van der Waals surface area contributed by atoms with E-state index in [1.54, 1.807) is 12.3 Å². The van der Waals surface area contributed by atoms with Gasteiger partial charge in [0.25, 0.3) is 11.5 Å². The highest BCUT2D eigenvalue weighted by Crippen LogP contribution is 2.27. The molecule has 0 bridgehead atoms. The second-order valence-electron chi connectivity index (χ2n) is 7.52. The minimum Gasteiger partial charge on any atom is -0.485 e. The van der Waals surface area contributed by atoms with Crippen molar-refractivity contribution in [1.82, 2.24) is 9.38 Å². The molecule has 0 radical (unpaired) electrons. The van der Waals surface area contributed by atoms with Crippen LogP contribution in [0, 0.1) is 20.8 Å². The number of nitrogens with zero attached hydrogens (tertiary/aromatic N) is 2. The van der Waals surface area contributed by atoms with E-state index in [0.29, 0.717) is 27.8 Å². The van der Waals surface area contributed by atoms with Gasteiger partial charge in [0.2, 0.25) is 0 Å². The van der Waals surface area contributed by atoms with Gasteiger partial charge in [-0.1, -0.05) is 23.8 Å². The quantitative estimate of drug-likeness (QED) is 0.455. The van der Waals surface area contributed by atoms with Gasteiger partial charge in [0.1, 0.15) is 18.1 Å². The number of anilines is 1. The van der Waals surface area contributed by atoms with Crippen molar-refractivity contribution in [2.75, 3.05) is 11.9 Å². The molecule has 7 nitrogen and oxygen atoms in total. The van der Waals surface area contributed by atoms with Gasteiger partial charge in [-0.3, -0.25) is 14.0 Å². The Morgan fingerprint density at radius 2 is 1.78 bits per heavy atom. The van der Waals surface area contributed by atoms with Crippen LogP contribution in [0.4, 0.5) is 5.69 Å². The first-order valence-electron chi connectivity index (χ1n) is 10.1. The number of aromatic nitrogens is 2. The number of amides is 1. The van der Waals surface area contributed by atoms with Gasteiger partial charge in [-0.25, -0.2) is 4.98 Å². The van der Waals surface area contributed by atoms with Crippen molar-refractivity contribution in [2.24, 2.45) is 0 Å². The van der Waals surface area contributed by atoms with E-state index in [2.05, 4.69) is 10.3 Å². The molecule has 2 aromatic heterocycles. The van der Waals surface area contributed by atoms with Crippen LogP contribution in [-0.2, 0) is 11.4 Å². The number of carbonyl (C=O) groups is 1. The van der Waals surface area contributed by atoms with Crippen molar-refractivity contribution in [3.63, 3.8) is 0 Å². The molecule has 0 aliphatic rings. The molecule has 0 spiro atoms. The van der Waals surface area contributed by atoms with E-state index in [9.17, 15) is 9.59 Å². The monoisotopic (exact) mass is 449 g/mol. The lowest BCUT2D eigenvalue weighted by Gasteiger charge is -2.14. The Hall–Kier alpha value is -3.65. The summed E-state index contributed by atoms with van der Waals surface area (Å²) in [5, 5.41) is 2.83. The van der Waals surface area contributed by atoms with Gasteiger partial charge in [-0.05, 0) is 50.6 Å². The van der Waals surface area contributed by atoms with Crippen molar-refractivity contribution in [1.29, 1.82) is 0 Å². The summed E-state index contributed by atoms with van der Waals surface area (Å²) in [4.78, 5) is 30.8. The van der Waals surface area contributed by atoms with E-state index in [1.807, 2.05) is 57.2 Å². The maximum Gasteiger partial charge on any atom is 0.262 e. The molecule has 1 amide bonds. The summed E-state index contributed by atoms with van der Waals surface area (Å²) >= 11 is 1.45. The molecule has 0 saturated heterocycles. The largest absolute Gasteiger partial charge is 0.485 e. The second-order valence-corrected chi connectivity index (χ2v) is 8.73. The molecular formula is C24H23N3O4S. The zero-order valence-electron chi connectivity index (χ0n) is 18.0. The fraction of sp³-hybridized carbons (Fsp3) is 0.208. The van der Waals surface area contributed by atoms with E-state index in [-0.39, 0.29) is 24.7 Å². The smallest absolute Gasteiger partial charge is 0.262 e. The number of benzene rings is 2. The fourth-order valence-corrected chi connectivity index (χ4v) is 3.96. The van der Waals surface area contributed by atoms with Crippen molar-refractivity contribution < 1.29 is 14.3 Å². The van der Waals surface area contributed by atoms with Crippen LogP contribution in [0.5, 0.6) is 11.5 Å². The number of thiazole rings is 1.